The molecular weight excluding hydrogens is 446 g/mol. The average molecular weight is 462 g/mol. The van der Waals surface area contributed by atoms with Crippen molar-refractivity contribution >= 4 is 50.8 Å². The van der Waals surface area contributed by atoms with Crippen LogP contribution in [0.1, 0.15) is 5.56 Å². The fourth-order valence-electron chi connectivity index (χ4n) is 2.34. The number of hydrogen-bond donors (Lipinski definition) is 1. The fourth-order valence-corrected chi connectivity index (χ4v) is 3.47. The summed E-state index contributed by atoms with van der Waals surface area (Å²) in [7, 11) is 0. The molecule has 28 heavy (non-hydrogen) atoms. The molecule has 0 saturated carbocycles. The van der Waals surface area contributed by atoms with Gasteiger partial charge in [-0.2, -0.15) is 0 Å². The van der Waals surface area contributed by atoms with E-state index in [1.165, 1.54) is 0 Å². The number of carbonyl (C=O) groups is 3. The van der Waals surface area contributed by atoms with Gasteiger partial charge in [0.15, 0.2) is 6.61 Å². The van der Waals surface area contributed by atoms with Gasteiger partial charge in [0, 0.05) is 30.0 Å². The van der Waals surface area contributed by atoms with Crippen molar-refractivity contribution in [2.45, 2.75) is 0 Å². The molecule has 144 valence electrons. The predicted octanol–water partition coefficient (Wildman–Crippen LogP) is 3.08. The Morgan fingerprint density at radius 2 is 2.04 bits per heavy atom. The van der Waals surface area contributed by atoms with Crippen LogP contribution >= 0.6 is 27.7 Å². The molecule has 9 heteroatoms. The number of aromatic nitrogens is 1. The molecule has 0 unspecified atom stereocenters. The molecule has 3 rings (SSSR count). The second-order valence-electron chi connectivity index (χ2n) is 5.71. The van der Waals surface area contributed by atoms with E-state index in [1.54, 1.807) is 42.7 Å². The van der Waals surface area contributed by atoms with Crippen molar-refractivity contribution in [1.82, 2.24) is 15.2 Å². The Kier molecular flexibility index (Phi) is 6.83. The third-order valence-corrected chi connectivity index (χ3v) is 5.13. The lowest BCUT2D eigenvalue weighted by molar-refractivity contribution is -0.125. The van der Waals surface area contributed by atoms with Crippen LogP contribution in [0.2, 0.25) is 0 Å². The Bertz CT molecular complexity index is 903. The SMILES string of the molecule is O=C(COc1ccc(Br)cc1)NCCN1C(=O)S/C(=C\c2cccnc2)C1=O. The van der Waals surface area contributed by atoms with E-state index >= 15 is 0 Å². The lowest BCUT2D eigenvalue weighted by Crippen LogP contribution is -2.38. The Morgan fingerprint density at radius 1 is 1.25 bits per heavy atom. The topological polar surface area (TPSA) is 88.6 Å². The highest BCUT2D eigenvalue weighted by atomic mass is 79.9. The number of halogens is 1. The van der Waals surface area contributed by atoms with Crippen LogP contribution in [0.25, 0.3) is 6.08 Å². The zero-order valence-corrected chi connectivity index (χ0v) is 17.0. The van der Waals surface area contributed by atoms with Crippen LogP contribution in [0, 0.1) is 0 Å². The molecule has 0 atom stereocenters. The monoisotopic (exact) mass is 461 g/mol. The summed E-state index contributed by atoms with van der Waals surface area (Å²) < 4.78 is 6.29. The third kappa shape index (κ3) is 5.43. The fraction of sp³-hybridized carbons (Fsp3) is 0.158. The van der Waals surface area contributed by atoms with Gasteiger partial charge in [-0.1, -0.05) is 22.0 Å². The number of hydrogen-bond acceptors (Lipinski definition) is 6. The molecule has 1 fully saturated rings. The van der Waals surface area contributed by atoms with Crippen LogP contribution in [0.3, 0.4) is 0 Å². The van der Waals surface area contributed by atoms with Crippen molar-refractivity contribution in [3.8, 4) is 5.75 Å². The molecule has 0 radical (unpaired) electrons. The van der Waals surface area contributed by atoms with E-state index in [0.717, 1.165) is 26.7 Å². The number of pyridine rings is 1. The Labute approximate surface area is 174 Å². The summed E-state index contributed by atoms with van der Waals surface area (Å²) in [5, 5.41) is 2.28. The molecule has 1 aromatic heterocycles. The Balaban J connectivity index is 1.46. The number of ether oxygens (including phenoxy) is 1. The lowest BCUT2D eigenvalue weighted by atomic mass is 10.2. The van der Waals surface area contributed by atoms with Gasteiger partial charge in [0.1, 0.15) is 5.75 Å². The highest BCUT2D eigenvalue weighted by molar-refractivity contribution is 9.10. The molecule has 0 aliphatic carbocycles. The summed E-state index contributed by atoms with van der Waals surface area (Å²) in [6.07, 6.45) is 4.87. The van der Waals surface area contributed by atoms with E-state index in [9.17, 15) is 14.4 Å². The van der Waals surface area contributed by atoms with E-state index in [2.05, 4.69) is 26.2 Å². The molecule has 1 saturated heterocycles. The van der Waals surface area contributed by atoms with E-state index in [1.807, 2.05) is 12.1 Å². The molecule has 1 N–H and O–H groups in total. The van der Waals surface area contributed by atoms with Gasteiger partial charge in [-0.25, -0.2) is 0 Å². The smallest absolute Gasteiger partial charge is 0.293 e. The summed E-state index contributed by atoms with van der Waals surface area (Å²) in [6, 6.07) is 10.7. The summed E-state index contributed by atoms with van der Waals surface area (Å²) in [5.41, 5.74) is 0.742. The van der Waals surface area contributed by atoms with Gasteiger partial charge in [-0.05, 0) is 53.7 Å². The largest absolute Gasteiger partial charge is 0.484 e. The minimum absolute atomic E-state index is 0.0963. The zero-order chi connectivity index (χ0) is 19.9. The molecule has 1 aliphatic rings. The summed E-state index contributed by atoms with van der Waals surface area (Å²) in [6.45, 7) is 0.101. The summed E-state index contributed by atoms with van der Waals surface area (Å²) in [4.78, 5) is 41.8. The number of imide groups is 1. The van der Waals surface area contributed by atoms with Gasteiger partial charge in [-0.3, -0.25) is 24.3 Å². The normalized spacial score (nSPS) is 15.2. The summed E-state index contributed by atoms with van der Waals surface area (Å²) in [5.74, 6) is -0.134. The maximum atomic E-state index is 12.4. The number of nitrogens with one attached hydrogen (secondary N) is 1. The first-order valence-electron chi connectivity index (χ1n) is 8.33. The van der Waals surface area contributed by atoms with Gasteiger partial charge in [0.05, 0.1) is 4.91 Å². The first kappa shape index (κ1) is 20.1. The van der Waals surface area contributed by atoms with Crippen molar-refractivity contribution < 1.29 is 19.1 Å². The molecule has 0 spiro atoms. The number of nitrogens with zero attached hydrogens (tertiary/aromatic N) is 2. The van der Waals surface area contributed by atoms with E-state index < -0.39 is 0 Å². The van der Waals surface area contributed by atoms with Crippen molar-refractivity contribution in [1.29, 1.82) is 0 Å². The van der Waals surface area contributed by atoms with Crippen molar-refractivity contribution in [3.63, 3.8) is 0 Å². The average Bonchev–Trinajstić information content (AvgIpc) is 2.95. The molecule has 0 bridgehead atoms. The molecule has 1 aromatic carbocycles. The second-order valence-corrected chi connectivity index (χ2v) is 7.62. The van der Waals surface area contributed by atoms with Crippen LogP contribution in [0.15, 0.2) is 58.2 Å². The molecular formula is C19H16BrN3O4S. The minimum Gasteiger partial charge on any atom is -0.484 e. The molecule has 2 heterocycles. The molecule has 3 amide bonds. The van der Waals surface area contributed by atoms with Gasteiger partial charge in [0.2, 0.25) is 0 Å². The van der Waals surface area contributed by atoms with Crippen LogP contribution in [0.4, 0.5) is 4.79 Å². The van der Waals surface area contributed by atoms with Gasteiger partial charge >= 0.3 is 0 Å². The Hall–Kier alpha value is -2.65. The van der Waals surface area contributed by atoms with Gasteiger partial charge in [0.25, 0.3) is 17.1 Å². The first-order chi connectivity index (χ1) is 13.5. The Morgan fingerprint density at radius 3 is 2.75 bits per heavy atom. The van der Waals surface area contributed by atoms with Gasteiger partial charge in [-0.15, -0.1) is 0 Å². The van der Waals surface area contributed by atoms with E-state index in [4.69, 9.17) is 4.74 Å². The first-order valence-corrected chi connectivity index (χ1v) is 9.94. The van der Waals surface area contributed by atoms with Crippen LogP contribution in [-0.2, 0) is 9.59 Å². The highest BCUT2D eigenvalue weighted by Crippen LogP contribution is 2.31. The number of thioether (sulfide) groups is 1. The maximum Gasteiger partial charge on any atom is 0.293 e. The van der Waals surface area contributed by atoms with E-state index in [-0.39, 0.29) is 36.7 Å². The van der Waals surface area contributed by atoms with Crippen molar-refractivity contribution in [2.75, 3.05) is 19.7 Å². The number of carbonyl (C=O) groups excluding carboxylic acids is 3. The predicted molar refractivity (Wildman–Crippen MR) is 110 cm³/mol. The minimum atomic E-state index is -0.376. The van der Waals surface area contributed by atoms with Gasteiger partial charge < -0.3 is 10.1 Å². The molecule has 7 nitrogen and oxygen atoms in total. The van der Waals surface area contributed by atoms with Crippen LogP contribution < -0.4 is 10.1 Å². The standard InChI is InChI=1S/C19H16BrN3O4S/c20-14-3-5-15(6-4-14)27-12-17(24)22-8-9-23-18(25)16(28-19(23)26)10-13-2-1-7-21-11-13/h1-7,10-11H,8-9,12H2,(H,22,24)/b16-10-. The molecule has 2 aromatic rings. The third-order valence-electron chi connectivity index (χ3n) is 3.70. The zero-order valence-electron chi connectivity index (χ0n) is 14.6. The summed E-state index contributed by atoms with van der Waals surface area (Å²) >= 11 is 4.19. The molecule has 1 aliphatic heterocycles. The van der Waals surface area contributed by atoms with Crippen molar-refractivity contribution in [2.24, 2.45) is 0 Å². The number of amides is 3. The van der Waals surface area contributed by atoms with Crippen LogP contribution in [0.5, 0.6) is 5.75 Å². The highest BCUT2D eigenvalue weighted by Gasteiger charge is 2.34. The number of benzene rings is 1. The maximum absolute atomic E-state index is 12.4. The van der Waals surface area contributed by atoms with E-state index in [0.29, 0.717) is 10.7 Å². The quantitative estimate of drug-likeness (QED) is 0.637. The lowest BCUT2D eigenvalue weighted by Gasteiger charge is -2.13. The number of rotatable bonds is 7. The second kappa shape index (κ2) is 9.52. The van der Waals surface area contributed by atoms with Crippen LogP contribution in [-0.4, -0.2) is 46.6 Å². The van der Waals surface area contributed by atoms with Crippen molar-refractivity contribution in [3.05, 3.63) is 63.7 Å².